The van der Waals surface area contributed by atoms with E-state index in [1.807, 2.05) is 24.4 Å². The van der Waals surface area contributed by atoms with Crippen molar-refractivity contribution in [1.82, 2.24) is 4.98 Å². The van der Waals surface area contributed by atoms with Crippen molar-refractivity contribution in [2.75, 3.05) is 23.7 Å². The Morgan fingerprint density at radius 1 is 1.28 bits per heavy atom. The van der Waals surface area contributed by atoms with Crippen molar-refractivity contribution in [3.8, 4) is 0 Å². The molecule has 18 heavy (non-hydrogen) atoms. The molecule has 2 heterocycles. The number of aliphatic hydroxyl groups is 1. The van der Waals surface area contributed by atoms with E-state index in [9.17, 15) is 5.11 Å². The predicted molar refractivity (Wildman–Crippen MR) is 73.6 cm³/mol. The van der Waals surface area contributed by atoms with Crippen LogP contribution in [0.4, 0.5) is 11.4 Å². The summed E-state index contributed by atoms with van der Waals surface area (Å²) in [6.07, 6.45) is 5.29. The van der Waals surface area contributed by atoms with Crippen molar-refractivity contribution < 1.29 is 5.11 Å². The fourth-order valence-electron chi connectivity index (χ4n) is 2.65. The van der Waals surface area contributed by atoms with Crippen LogP contribution in [-0.2, 0) is 0 Å². The lowest BCUT2D eigenvalue weighted by molar-refractivity contribution is 0.154. The van der Waals surface area contributed by atoms with Gasteiger partial charge in [0.1, 0.15) is 0 Å². The first-order valence-electron chi connectivity index (χ1n) is 6.31. The Bertz CT molecular complexity index is 570. The van der Waals surface area contributed by atoms with E-state index >= 15 is 0 Å². The maximum absolute atomic E-state index is 9.79. The second-order valence-corrected chi connectivity index (χ2v) is 4.84. The third-order valence-corrected chi connectivity index (χ3v) is 3.57. The Kier molecular flexibility index (Phi) is 2.80. The van der Waals surface area contributed by atoms with Crippen molar-refractivity contribution >= 4 is 22.1 Å². The highest BCUT2D eigenvalue weighted by molar-refractivity contribution is 6.00. The maximum atomic E-state index is 9.79. The fourth-order valence-corrected chi connectivity index (χ4v) is 2.65. The molecule has 94 valence electrons. The smallest absolute Gasteiger partial charge is 0.0715 e. The van der Waals surface area contributed by atoms with Crippen molar-refractivity contribution in [3.05, 3.63) is 30.6 Å². The summed E-state index contributed by atoms with van der Waals surface area (Å²) in [5.74, 6) is 0. The number of anilines is 2. The van der Waals surface area contributed by atoms with Gasteiger partial charge >= 0.3 is 0 Å². The average molecular weight is 243 g/mol. The normalized spacial score (nSPS) is 20.3. The lowest BCUT2D eigenvalue weighted by Crippen LogP contribution is -2.38. The van der Waals surface area contributed by atoms with Gasteiger partial charge in [0.05, 0.1) is 6.10 Å². The molecule has 1 fully saturated rings. The van der Waals surface area contributed by atoms with Gasteiger partial charge in [0.15, 0.2) is 0 Å². The molecule has 0 aliphatic carbocycles. The molecule has 3 rings (SSSR count). The van der Waals surface area contributed by atoms with Crippen LogP contribution in [0.5, 0.6) is 0 Å². The van der Waals surface area contributed by atoms with E-state index < -0.39 is 0 Å². The summed E-state index contributed by atoms with van der Waals surface area (Å²) in [5.41, 5.74) is 7.87. The minimum atomic E-state index is -0.233. The lowest BCUT2D eigenvalue weighted by Gasteiger charge is -2.32. The van der Waals surface area contributed by atoms with Gasteiger partial charge in [0, 0.05) is 47.6 Å². The highest BCUT2D eigenvalue weighted by Gasteiger charge is 2.19. The van der Waals surface area contributed by atoms with E-state index in [2.05, 4.69) is 9.88 Å². The predicted octanol–water partition coefficient (Wildman–Crippen LogP) is 1.78. The fraction of sp³-hybridized carbons (Fsp3) is 0.357. The van der Waals surface area contributed by atoms with Gasteiger partial charge in [-0.05, 0) is 31.0 Å². The maximum Gasteiger partial charge on any atom is 0.0715 e. The number of aromatic nitrogens is 1. The van der Waals surface area contributed by atoms with Crippen LogP contribution in [0, 0.1) is 0 Å². The number of aliphatic hydroxyl groups excluding tert-OH is 1. The van der Waals surface area contributed by atoms with E-state index in [4.69, 9.17) is 5.73 Å². The number of rotatable bonds is 1. The van der Waals surface area contributed by atoms with E-state index in [0.717, 1.165) is 41.5 Å². The molecule has 0 spiro atoms. The minimum absolute atomic E-state index is 0.233. The Labute approximate surface area is 106 Å². The average Bonchev–Trinajstić information content (AvgIpc) is 2.39. The third-order valence-electron chi connectivity index (χ3n) is 3.57. The van der Waals surface area contributed by atoms with Crippen molar-refractivity contribution in [2.24, 2.45) is 0 Å². The summed E-state index contributed by atoms with van der Waals surface area (Å²) in [7, 11) is 0. The largest absolute Gasteiger partial charge is 0.398 e. The first-order valence-corrected chi connectivity index (χ1v) is 6.31. The Balaban J connectivity index is 2.09. The highest BCUT2D eigenvalue weighted by Crippen LogP contribution is 2.31. The summed E-state index contributed by atoms with van der Waals surface area (Å²) in [6, 6.07) is 5.89. The van der Waals surface area contributed by atoms with Gasteiger partial charge in [0.2, 0.25) is 0 Å². The summed E-state index contributed by atoms with van der Waals surface area (Å²) in [6.45, 7) is 1.67. The SMILES string of the molecule is Nc1ccc(N2CCCC(O)C2)c2cnccc12. The Hall–Kier alpha value is -1.81. The van der Waals surface area contributed by atoms with Crippen LogP contribution in [-0.4, -0.2) is 29.3 Å². The van der Waals surface area contributed by atoms with Crippen LogP contribution in [0.15, 0.2) is 30.6 Å². The molecular formula is C14H17N3O. The molecule has 2 aromatic rings. The monoisotopic (exact) mass is 243 g/mol. The number of nitrogens with zero attached hydrogens (tertiary/aromatic N) is 2. The molecule has 0 radical (unpaired) electrons. The van der Waals surface area contributed by atoms with Gasteiger partial charge < -0.3 is 15.7 Å². The van der Waals surface area contributed by atoms with Gasteiger partial charge in [-0.1, -0.05) is 0 Å². The molecule has 1 aliphatic rings. The second kappa shape index (κ2) is 4.46. The lowest BCUT2D eigenvalue weighted by atomic mass is 10.0. The summed E-state index contributed by atoms with van der Waals surface area (Å²) < 4.78 is 0. The summed E-state index contributed by atoms with van der Waals surface area (Å²) >= 11 is 0. The van der Waals surface area contributed by atoms with E-state index in [1.165, 1.54) is 0 Å². The van der Waals surface area contributed by atoms with Crippen molar-refractivity contribution in [2.45, 2.75) is 18.9 Å². The molecule has 1 unspecified atom stereocenters. The number of piperidine rings is 1. The topological polar surface area (TPSA) is 62.4 Å². The van der Waals surface area contributed by atoms with Gasteiger partial charge in [-0.3, -0.25) is 4.98 Å². The first-order chi connectivity index (χ1) is 8.75. The molecule has 0 amide bonds. The summed E-state index contributed by atoms with van der Waals surface area (Å²) in [4.78, 5) is 6.40. The van der Waals surface area contributed by atoms with Gasteiger partial charge in [-0.15, -0.1) is 0 Å². The van der Waals surface area contributed by atoms with Crippen LogP contribution in [0.25, 0.3) is 10.8 Å². The van der Waals surface area contributed by atoms with E-state index in [-0.39, 0.29) is 6.10 Å². The number of nitrogen functional groups attached to an aromatic ring is 1. The molecule has 0 bridgehead atoms. The standard InChI is InChI=1S/C14H17N3O/c15-13-3-4-14(12-8-16-6-5-11(12)13)17-7-1-2-10(18)9-17/h3-6,8,10,18H,1-2,7,9,15H2. The number of β-amino-alcohol motifs (C(OH)–C–C–N with tert-alkyl or cyclic N) is 1. The number of nitrogens with two attached hydrogens (primary N) is 1. The van der Waals surface area contributed by atoms with Gasteiger partial charge in [-0.25, -0.2) is 0 Å². The number of pyridine rings is 1. The molecule has 1 atom stereocenters. The first kappa shape index (κ1) is 11.3. The van der Waals surface area contributed by atoms with Gasteiger partial charge in [0.25, 0.3) is 0 Å². The number of hydrogen-bond acceptors (Lipinski definition) is 4. The second-order valence-electron chi connectivity index (χ2n) is 4.84. The zero-order valence-corrected chi connectivity index (χ0v) is 10.2. The number of hydrogen-bond donors (Lipinski definition) is 2. The molecule has 0 saturated carbocycles. The molecule has 1 aliphatic heterocycles. The van der Waals surface area contributed by atoms with Crippen LogP contribution >= 0.6 is 0 Å². The summed E-state index contributed by atoms with van der Waals surface area (Å²) in [5, 5.41) is 11.9. The quantitative estimate of drug-likeness (QED) is 0.749. The molecule has 1 aromatic carbocycles. The third kappa shape index (κ3) is 1.88. The zero-order valence-electron chi connectivity index (χ0n) is 10.2. The van der Waals surface area contributed by atoms with Crippen LogP contribution in [0.3, 0.4) is 0 Å². The molecule has 4 heteroatoms. The molecule has 1 saturated heterocycles. The Morgan fingerprint density at radius 2 is 2.17 bits per heavy atom. The Morgan fingerprint density at radius 3 is 3.00 bits per heavy atom. The van der Waals surface area contributed by atoms with Crippen molar-refractivity contribution in [1.29, 1.82) is 0 Å². The van der Waals surface area contributed by atoms with Crippen LogP contribution in [0.2, 0.25) is 0 Å². The highest BCUT2D eigenvalue weighted by atomic mass is 16.3. The van der Waals surface area contributed by atoms with Crippen LogP contribution in [0.1, 0.15) is 12.8 Å². The molecule has 3 N–H and O–H groups in total. The van der Waals surface area contributed by atoms with Crippen molar-refractivity contribution in [3.63, 3.8) is 0 Å². The number of fused-ring (bicyclic) bond motifs is 1. The van der Waals surface area contributed by atoms with Gasteiger partial charge in [-0.2, -0.15) is 0 Å². The van der Waals surface area contributed by atoms with E-state index in [0.29, 0.717) is 6.54 Å². The minimum Gasteiger partial charge on any atom is -0.398 e. The number of benzene rings is 1. The molecule has 1 aromatic heterocycles. The van der Waals surface area contributed by atoms with E-state index in [1.54, 1.807) is 6.20 Å². The molecular weight excluding hydrogens is 226 g/mol. The zero-order chi connectivity index (χ0) is 12.5. The van der Waals surface area contributed by atoms with Crippen LogP contribution < -0.4 is 10.6 Å². The molecule has 4 nitrogen and oxygen atoms in total.